The maximum absolute atomic E-state index is 13.0. The predicted molar refractivity (Wildman–Crippen MR) is 133 cm³/mol. The van der Waals surface area contributed by atoms with Gasteiger partial charge in [-0.2, -0.15) is 0 Å². The second kappa shape index (κ2) is 9.34. The van der Waals surface area contributed by atoms with E-state index in [1.165, 1.54) is 6.26 Å². The number of hydrogen-bond acceptors (Lipinski definition) is 8. The van der Waals surface area contributed by atoms with Crippen molar-refractivity contribution in [2.24, 2.45) is 0 Å². The SMILES string of the molecule is C[C@H]1COCCN1c1cc(C2(S(C)(=O)=O)CCCC2)nc(-c2ccc(NC(=O)NC3CC3)nc2)n1. The molecule has 35 heavy (non-hydrogen) atoms. The number of rotatable bonds is 6. The van der Waals surface area contributed by atoms with Crippen LogP contribution in [0.2, 0.25) is 0 Å². The minimum atomic E-state index is -3.41. The van der Waals surface area contributed by atoms with Crippen LogP contribution >= 0.6 is 0 Å². The largest absolute Gasteiger partial charge is 0.377 e. The average molecular weight is 501 g/mol. The lowest BCUT2D eigenvalue weighted by Gasteiger charge is -2.35. The van der Waals surface area contributed by atoms with Crippen molar-refractivity contribution >= 4 is 27.5 Å². The van der Waals surface area contributed by atoms with E-state index in [4.69, 9.17) is 14.7 Å². The van der Waals surface area contributed by atoms with Crippen LogP contribution in [-0.4, -0.2) is 67.5 Å². The van der Waals surface area contributed by atoms with E-state index >= 15 is 0 Å². The molecule has 11 heteroatoms. The highest BCUT2D eigenvalue weighted by atomic mass is 32.2. The van der Waals surface area contributed by atoms with Gasteiger partial charge in [-0.05, 0) is 44.7 Å². The maximum Gasteiger partial charge on any atom is 0.320 e. The van der Waals surface area contributed by atoms with Crippen molar-refractivity contribution in [1.29, 1.82) is 0 Å². The molecule has 3 aliphatic rings. The molecule has 2 aromatic rings. The fourth-order valence-electron chi connectivity index (χ4n) is 4.94. The van der Waals surface area contributed by atoms with Crippen LogP contribution in [0.5, 0.6) is 0 Å². The van der Waals surface area contributed by atoms with Crippen molar-refractivity contribution in [3.8, 4) is 11.4 Å². The highest BCUT2D eigenvalue weighted by Crippen LogP contribution is 2.45. The Morgan fingerprint density at radius 3 is 2.60 bits per heavy atom. The van der Waals surface area contributed by atoms with Crippen LogP contribution in [0, 0.1) is 0 Å². The number of nitrogens with zero attached hydrogens (tertiary/aromatic N) is 4. The third-order valence-corrected chi connectivity index (χ3v) is 9.18. The Kier molecular flexibility index (Phi) is 6.39. The summed E-state index contributed by atoms with van der Waals surface area (Å²) >= 11 is 0. The molecule has 0 spiro atoms. The lowest BCUT2D eigenvalue weighted by atomic mass is 10.0. The molecule has 0 radical (unpaired) electrons. The number of anilines is 2. The number of aromatic nitrogens is 3. The van der Waals surface area contributed by atoms with Crippen LogP contribution in [0.1, 0.15) is 51.1 Å². The van der Waals surface area contributed by atoms with E-state index < -0.39 is 14.6 Å². The van der Waals surface area contributed by atoms with E-state index in [9.17, 15) is 13.2 Å². The molecule has 188 valence electrons. The number of ether oxygens (including phenoxy) is 1. The van der Waals surface area contributed by atoms with Gasteiger partial charge in [0.15, 0.2) is 15.7 Å². The van der Waals surface area contributed by atoms with E-state index in [-0.39, 0.29) is 18.1 Å². The molecule has 3 fully saturated rings. The molecular weight excluding hydrogens is 468 g/mol. The molecule has 10 nitrogen and oxygen atoms in total. The van der Waals surface area contributed by atoms with E-state index in [1.807, 2.05) is 6.07 Å². The fraction of sp³-hybridized carbons (Fsp3) is 0.583. The Balaban J connectivity index is 1.51. The Hall–Kier alpha value is -2.79. The minimum absolute atomic E-state index is 0.104. The third kappa shape index (κ3) is 4.97. The summed E-state index contributed by atoms with van der Waals surface area (Å²) in [5.74, 6) is 1.54. The Morgan fingerprint density at radius 1 is 1.20 bits per heavy atom. The van der Waals surface area contributed by atoms with Crippen molar-refractivity contribution in [2.75, 3.05) is 36.2 Å². The lowest BCUT2D eigenvalue weighted by molar-refractivity contribution is 0.0985. The number of amides is 2. The molecule has 0 unspecified atom stereocenters. The molecule has 1 saturated heterocycles. The zero-order valence-corrected chi connectivity index (χ0v) is 21.0. The van der Waals surface area contributed by atoms with Crippen LogP contribution in [-0.2, 0) is 19.3 Å². The fourth-order valence-corrected chi connectivity index (χ4v) is 6.45. The van der Waals surface area contributed by atoms with Crippen molar-refractivity contribution < 1.29 is 17.9 Å². The molecule has 0 aromatic carbocycles. The van der Waals surface area contributed by atoms with E-state index in [0.29, 0.717) is 61.3 Å². The van der Waals surface area contributed by atoms with Gasteiger partial charge in [0.05, 0.1) is 24.9 Å². The predicted octanol–water partition coefficient (Wildman–Crippen LogP) is 2.86. The monoisotopic (exact) mass is 500 g/mol. The molecule has 5 rings (SSSR count). The smallest absolute Gasteiger partial charge is 0.320 e. The molecule has 1 aliphatic heterocycles. The third-order valence-electron chi connectivity index (χ3n) is 7.14. The van der Waals surface area contributed by atoms with Gasteiger partial charge in [0.1, 0.15) is 16.4 Å². The quantitative estimate of drug-likeness (QED) is 0.620. The van der Waals surface area contributed by atoms with Gasteiger partial charge < -0.3 is 15.0 Å². The van der Waals surface area contributed by atoms with Gasteiger partial charge in [0, 0.05) is 36.7 Å². The molecule has 0 bridgehead atoms. The number of morpholine rings is 1. The lowest BCUT2D eigenvalue weighted by Crippen LogP contribution is -2.44. The Morgan fingerprint density at radius 2 is 1.97 bits per heavy atom. The van der Waals surface area contributed by atoms with Crippen LogP contribution < -0.4 is 15.5 Å². The number of pyridine rings is 1. The first-order valence-corrected chi connectivity index (χ1v) is 14.1. The van der Waals surface area contributed by atoms with Gasteiger partial charge in [-0.1, -0.05) is 12.8 Å². The van der Waals surface area contributed by atoms with Crippen LogP contribution in [0.25, 0.3) is 11.4 Å². The number of hydrogen-bond donors (Lipinski definition) is 2. The number of nitrogens with one attached hydrogen (secondary N) is 2. The number of carbonyl (C=O) groups is 1. The summed E-state index contributed by atoms with van der Waals surface area (Å²) < 4.78 is 30.6. The maximum atomic E-state index is 13.0. The highest BCUT2D eigenvalue weighted by Gasteiger charge is 2.47. The van der Waals surface area contributed by atoms with Crippen LogP contribution in [0.3, 0.4) is 0 Å². The van der Waals surface area contributed by atoms with Gasteiger partial charge in [0.25, 0.3) is 0 Å². The summed E-state index contributed by atoms with van der Waals surface area (Å²) in [4.78, 5) is 28.2. The van der Waals surface area contributed by atoms with Gasteiger partial charge in [-0.15, -0.1) is 0 Å². The van der Waals surface area contributed by atoms with Crippen molar-refractivity contribution in [1.82, 2.24) is 20.3 Å². The van der Waals surface area contributed by atoms with Crippen molar-refractivity contribution in [3.05, 3.63) is 30.1 Å². The van der Waals surface area contributed by atoms with Crippen molar-refractivity contribution in [3.63, 3.8) is 0 Å². The average Bonchev–Trinajstić information content (AvgIpc) is 3.48. The molecular formula is C24H32N6O4S. The molecule has 2 N–H and O–H groups in total. The molecule has 2 saturated carbocycles. The molecule has 3 heterocycles. The summed E-state index contributed by atoms with van der Waals surface area (Å²) in [6, 6.07) is 5.44. The summed E-state index contributed by atoms with van der Waals surface area (Å²) in [6.07, 6.45) is 7.74. The van der Waals surface area contributed by atoms with Crippen LogP contribution in [0.15, 0.2) is 24.4 Å². The zero-order chi connectivity index (χ0) is 24.6. The highest BCUT2D eigenvalue weighted by molar-refractivity contribution is 7.91. The van der Waals surface area contributed by atoms with E-state index in [0.717, 1.165) is 25.7 Å². The summed E-state index contributed by atoms with van der Waals surface area (Å²) in [5, 5.41) is 5.61. The van der Waals surface area contributed by atoms with Gasteiger partial charge in [-0.3, -0.25) is 5.32 Å². The van der Waals surface area contributed by atoms with E-state index in [1.54, 1.807) is 18.3 Å². The number of carbonyl (C=O) groups excluding carboxylic acids is 1. The van der Waals surface area contributed by atoms with Gasteiger partial charge in [0.2, 0.25) is 0 Å². The second-order valence-corrected chi connectivity index (χ2v) is 12.2. The first-order valence-electron chi connectivity index (χ1n) is 12.2. The summed E-state index contributed by atoms with van der Waals surface area (Å²) in [5.41, 5.74) is 1.20. The zero-order valence-electron chi connectivity index (χ0n) is 20.2. The molecule has 2 amide bonds. The normalized spacial score (nSPS) is 22.1. The molecule has 1 atom stereocenters. The summed E-state index contributed by atoms with van der Waals surface area (Å²) in [7, 11) is -3.41. The number of sulfone groups is 1. The van der Waals surface area contributed by atoms with Gasteiger partial charge >= 0.3 is 6.03 Å². The minimum Gasteiger partial charge on any atom is -0.377 e. The van der Waals surface area contributed by atoms with E-state index in [2.05, 4.69) is 27.4 Å². The van der Waals surface area contributed by atoms with Gasteiger partial charge in [-0.25, -0.2) is 28.2 Å². The Bertz CT molecular complexity index is 1190. The van der Waals surface area contributed by atoms with Crippen molar-refractivity contribution in [2.45, 2.75) is 62.3 Å². The Labute approximate surface area is 205 Å². The molecule has 2 aliphatic carbocycles. The second-order valence-electron chi connectivity index (χ2n) is 9.83. The van der Waals surface area contributed by atoms with Crippen LogP contribution in [0.4, 0.5) is 16.4 Å². The topological polar surface area (TPSA) is 126 Å². The molecule has 2 aromatic heterocycles. The summed E-state index contributed by atoms with van der Waals surface area (Å²) in [6.45, 7) is 3.90. The first kappa shape index (κ1) is 23.9. The first-order chi connectivity index (χ1) is 16.7. The number of urea groups is 1. The standard InChI is InChI=1S/C24H32N6O4S/c1-16-15-34-12-11-30(16)21-13-19(24(35(2,32)33)9-3-4-10-24)27-22(29-21)17-5-8-20(25-14-17)28-23(31)26-18-6-7-18/h5,8,13-14,16,18H,3-4,6-7,9-12,15H2,1-2H3,(H2,25,26,28,31)/t16-/m0/s1.